The first-order valence-electron chi connectivity index (χ1n) is 8.24. The molecule has 1 aromatic carbocycles. The normalized spacial score (nSPS) is 19.3. The number of hydrogen-bond acceptors (Lipinski definition) is 6. The molecule has 1 heterocycles. The molecule has 2 rings (SSSR count). The highest BCUT2D eigenvalue weighted by atomic mass is 32.2. The smallest absolute Gasteiger partial charge is 0.317 e. The lowest BCUT2D eigenvalue weighted by atomic mass is 9.88. The van der Waals surface area contributed by atoms with E-state index < -0.39 is 12.0 Å². The average Bonchev–Trinajstić information content (AvgIpc) is 2.63. The Labute approximate surface area is 163 Å². The van der Waals surface area contributed by atoms with Gasteiger partial charge in [-0.1, -0.05) is 13.5 Å². The minimum Gasteiger partial charge on any atom is -0.497 e. The molecule has 1 aliphatic rings. The van der Waals surface area contributed by atoms with Crippen LogP contribution in [-0.4, -0.2) is 43.4 Å². The van der Waals surface area contributed by atoms with Crippen LogP contribution in [-0.2, 0) is 9.53 Å². The second-order valence-corrected chi connectivity index (χ2v) is 7.35. The summed E-state index contributed by atoms with van der Waals surface area (Å²) < 4.78 is 16.2. The lowest BCUT2D eigenvalue weighted by Crippen LogP contribution is -2.51. The van der Waals surface area contributed by atoms with Crippen molar-refractivity contribution in [1.82, 2.24) is 10.6 Å². The van der Waals surface area contributed by atoms with Gasteiger partial charge < -0.3 is 24.8 Å². The third-order valence-electron chi connectivity index (χ3n) is 3.97. The number of thiocarbonyl (C=S) groups is 1. The molecule has 142 valence electrons. The predicted octanol–water partition coefficient (Wildman–Crippen LogP) is 2.65. The van der Waals surface area contributed by atoms with Crippen molar-refractivity contribution in [3.63, 3.8) is 0 Å². The molecule has 0 bridgehead atoms. The van der Waals surface area contributed by atoms with Gasteiger partial charge in [0.15, 0.2) is 5.11 Å². The minimum atomic E-state index is -0.644. The first kappa shape index (κ1) is 20.4. The molecule has 8 heteroatoms. The second kappa shape index (κ2) is 9.68. The van der Waals surface area contributed by atoms with E-state index in [2.05, 4.69) is 24.1 Å². The number of hydrogen-bond donors (Lipinski definition) is 2. The van der Waals surface area contributed by atoms with Crippen molar-refractivity contribution in [2.24, 2.45) is 5.92 Å². The van der Waals surface area contributed by atoms with Crippen molar-refractivity contribution >= 4 is 35.1 Å². The molecule has 0 saturated carbocycles. The number of thioether (sulfide) groups is 1. The van der Waals surface area contributed by atoms with Crippen molar-refractivity contribution in [3.8, 4) is 11.5 Å². The van der Waals surface area contributed by atoms with Gasteiger partial charge in [0, 0.05) is 17.0 Å². The van der Waals surface area contributed by atoms with Crippen LogP contribution in [0.1, 0.15) is 18.5 Å². The fraction of sp³-hybridized carbons (Fsp3) is 0.444. The largest absolute Gasteiger partial charge is 0.497 e. The zero-order valence-electron chi connectivity index (χ0n) is 15.2. The van der Waals surface area contributed by atoms with Crippen LogP contribution < -0.4 is 20.1 Å². The van der Waals surface area contributed by atoms with Gasteiger partial charge >= 0.3 is 5.97 Å². The van der Waals surface area contributed by atoms with E-state index in [1.807, 2.05) is 6.07 Å². The van der Waals surface area contributed by atoms with Gasteiger partial charge in [-0.15, -0.1) is 0 Å². The first-order valence-corrected chi connectivity index (χ1v) is 9.80. The number of carbonyl (C=O) groups is 1. The molecule has 0 aliphatic carbocycles. The van der Waals surface area contributed by atoms with Crippen LogP contribution in [0.2, 0.25) is 0 Å². The molecule has 6 nitrogen and oxygen atoms in total. The Morgan fingerprint density at radius 2 is 2.12 bits per heavy atom. The summed E-state index contributed by atoms with van der Waals surface area (Å²) in [6, 6.07) is 4.95. The third-order valence-corrected chi connectivity index (χ3v) is 5.05. The zero-order valence-corrected chi connectivity index (χ0v) is 16.8. The van der Waals surface area contributed by atoms with E-state index in [0.29, 0.717) is 28.9 Å². The predicted molar refractivity (Wildman–Crippen MR) is 108 cm³/mol. The SMILES string of the molecule is C=C1NC(=S)N[C@@H](c2cc(OC)ccc2OC)[C@@H]1C(=O)OCCSCC. The maximum absolute atomic E-state index is 12.7. The summed E-state index contributed by atoms with van der Waals surface area (Å²) in [5, 5.41) is 6.46. The average molecular weight is 397 g/mol. The van der Waals surface area contributed by atoms with Crippen LogP contribution in [0.4, 0.5) is 0 Å². The molecule has 1 aromatic rings. The number of nitrogens with one attached hydrogen (secondary N) is 2. The fourth-order valence-electron chi connectivity index (χ4n) is 2.74. The summed E-state index contributed by atoms with van der Waals surface area (Å²) in [6.07, 6.45) is 0. The number of ether oxygens (including phenoxy) is 3. The molecule has 1 saturated heterocycles. The van der Waals surface area contributed by atoms with E-state index in [9.17, 15) is 4.79 Å². The van der Waals surface area contributed by atoms with Gasteiger partial charge in [0.25, 0.3) is 0 Å². The number of carbonyl (C=O) groups excluding carboxylic acids is 1. The maximum atomic E-state index is 12.7. The molecular weight excluding hydrogens is 372 g/mol. The standard InChI is InChI=1S/C18H24N2O4S2/c1-5-26-9-8-24-17(21)15-11(2)19-18(25)20-16(15)13-10-12(22-3)6-7-14(13)23-4/h6-7,10,15-16H,2,5,8-9H2,1,3-4H3,(H2,19,20,25)/t15-,16+/m1/s1. The highest BCUT2D eigenvalue weighted by Gasteiger charge is 2.39. The van der Waals surface area contributed by atoms with Crippen molar-refractivity contribution in [1.29, 1.82) is 0 Å². The summed E-state index contributed by atoms with van der Waals surface area (Å²) in [7, 11) is 3.16. The van der Waals surface area contributed by atoms with E-state index in [0.717, 1.165) is 17.1 Å². The third kappa shape index (κ3) is 4.82. The molecule has 26 heavy (non-hydrogen) atoms. The molecule has 2 atom stereocenters. The molecule has 0 amide bonds. The van der Waals surface area contributed by atoms with Crippen molar-refractivity contribution < 1.29 is 19.0 Å². The quantitative estimate of drug-likeness (QED) is 0.395. The summed E-state index contributed by atoms with van der Waals surface area (Å²) in [5.74, 6) is 2.02. The lowest BCUT2D eigenvalue weighted by Gasteiger charge is -2.35. The summed E-state index contributed by atoms with van der Waals surface area (Å²) in [5.41, 5.74) is 1.25. The number of esters is 1. The van der Waals surface area contributed by atoms with Crippen LogP contribution >= 0.6 is 24.0 Å². The van der Waals surface area contributed by atoms with Crippen LogP contribution in [0, 0.1) is 5.92 Å². The van der Waals surface area contributed by atoms with Gasteiger partial charge in [0.1, 0.15) is 24.0 Å². The van der Waals surface area contributed by atoms with Crippen molar-refractivity contribution in [2.45, 2.75) is 13.0 Å². The maximum Gasteiger partial charge on any atom is 0.317 e. The van der Waals surface area contributed by atoms with Gasteiger partial charge in [-0.05, 0) is 36.2 Å². The Bertz CT molecular complexity index is 681. The molecule has 0 spiro atoms. The topological polar surface area (TPSA) is 68.8 Å². The van der Waals surface area contributed by atoms with Gasteiger partial charge in [0.2, 0.25) is 0 Å². The van der Waals surface area contributed by atoms with E-state index in [1.54, 1.807) is 38.1 Å². The minimum absolute atomic E-state index is 0.355. The lowest BCUT2D eigenvalue weighted by molar-refractivity contribution is -0.147. The fourth-order valence-corrected chi connectivity index (χ4v) is 3.49. The monoisotopic (exact) mass is 396 g/mol. The molecule has 1 aliphatic heterocycles. The molecule has 0 unspecified atom stereocenters. The summed E-state index contributed by atoms with van der Waals surface area (Å²) in [6.45, 7) is 6.39. The van der Waals surface area contributed by atoms with E-state index in [1.165, 1.54) is 0 Å². The highest BCUT2D eigenvalue weighted by Crippen LogP contribution is 2.37. The Hall–Kier alpha value is -1.93. The Morgan fingerprint density at radius 1 is 1.35 bits per heavy atom. The van der Waals surface area contributed by atoms with Crippen LogP contribution in [0.25, 0.3) is 0 Å². The first-order chi connectivity index (χ1) is 12.5. The van der Waals surface area contributed by atoms with Crippen LogP contribution in [0.15, 0.2) is 30.5 Å². The molecule has 0 aromatic heterocycles. The molecule has 1 fully saturated rings. The van der Waals surface area contributed by atoms with Crippen molar-refractivity contribution in [2.75, 3.05) is 32.3 Å². The van der Waals surface area contributed by atoms with E-state index in [4.69, 9.17) is 26.4 Å². The van der Waals surface area contributed by atoms with Crippen molar-refractivity contribution in [3.05, 3.63) is 36.0 Å². The Kier molecular flexibility index (Phi) is 7.59. The highest BCUT2D eigenvalue weighted by molar-refractivity contribution is 7.99. The Balaban J connectivity index is 2.31. The van der Waals surface area contributed by atoms with Gasteiger partial charge in [-0.2, -0.15) is 11.8 Å². The number of benzene rings is 1. The summed E-state index contributed by atoms with van der Waals surface area (Å²) in [4.78, 5) is 12.7. The second-order valence-electron chi connectivity index (χ2n) is 5.55. The van der Waals surface area contributed by atoms with Gasteiger partial charge in [-0.3, -0.25) is 4.79 Å². The van der Waals surface area contributed by atoms with Gasteiger partial charge in [-0.25, -0.2) is 0 Å². The van der Waals surface area contributed by atoms with Crippen LogP contribution in [0.5, 0.6) is 11.5 Å². The molecular formula is C18H24N2O4S2. The van der Waals surface area contributed by atoms with E-state index >= 15 is 0 Å². The van der Waals surface area contributed by atoms with Crippen LogP contribution in [0.3, 0.4) is 0 Å². The summed E-state index contributed by atoms with van der Waals surface area (Å²) >= 11 is 6.97. The number of rotatable bonds is 8. The number of methoxy groups -OCH3 is 2. The molecule has 2 N–H and O–H groups in total. The van der Waals surface area contributed by atoms with Gasteiger partial charge in [0.05, 0.1) is 20.3 Å². The molecule has 0 radical (unpaired) electrons. The Morgan fingerprint density at radius 3 is 2.77 bits per heavy atom. The van der Waals surface area contributed by atoms with E-state index in [-0.39, 0.29) is 5.97 Å². The zero-order chi connectivity index (χ0) is 19.1.